The Bertz CT molecular complexity index is 605. The van der Waals surface area contributed by atoms with Gasteiger partial charge in [-0.3, -0.25) is 0 Å². The zero-order valence-electron chi connectivity index (χ0n) is 11.6. The summed E-state index contributed by atoms with van der Waals surface area (Å²) in [6.07, 6.45) is 2.17. The van der Waals surface area contributed by atoms with Gasteiger partial charge in [-0.05, 0) is 18.6 Å². The predicted molar refractivity (Wildman–Crippen MR) is 77.7 cm³/mol. The smallest absolute Gasteiger partial charge is 0.232 e. The zero-order valence-corrected chi connectivity index (χ0v) is 11.6. The van der Waals surface area contributed by atoms with E-state index in [9.17, 15) is 0 Å². The van der Waals surface area contributed by atoms with Crippen LogP contribution in [0.25, 0.3) is 10.9 Å². The summed E-state index contributed by atoms with van der Waals surface area (Å²) in [5.74, 6) is 0.380. The second-order valence-electron chi connectivity index (χ2n) is 4.46. The maximum Gasteiger partial charge on any atom is 0.232 e. The van der Waals surface area contributed by atoms with Gasteiger partial charge in [0.1, 0.15) is 18.2 Å². The molecule has 0 aliphatic carbocycles. The fraction of sp³-hybridized carbons (Fsp3) is 0.375. The molecule has 104 valence electrons. The lowest BCUT2D eigenvalue weighted by Crippen LogP contribution is -2.09. The molecule has 0 aliphatic heterocycles. The molecule has 2 rings (SSSR count). The third-order valence-electron chi connectivity index (χ3n) is 2.92. The molecule has 20 heavy (non-hydrogen) atoms. The highest BCUT2D eigenvalue weighted by atomic mass is 16.5. The molecular weight excluding hydrogens is 252 g/mol. The molecule has 0 aliphatic rings. The molecule has 0 spiro atoms. The van der Waals surface area contributed by atoms with Gasteiger partial charge < -0.3 is 9.47 Å². The minimum atomic E-state index is 0.380. The Morgan fingerprint density at radius 2 is 2.05 bits per heavy atom. The van der Waals surface area contributed by atoms with Crippen LogP contribution < -0.4 is 4.74 Å². The standard InChI is InChI=1S/C16H18N2O2/c1-2-3-8-19-9-10-20-16-14(12-17)11-13-6-4-5-7-15(13)18-16/h4-7,11H,2-3,8-10H2,1H3. The molecule has 0 bridgehead atoms. The van der Waals surface area contributed by atoms with Gasteiger partial charge >= 0.3 is 0 Å². The van der Waals surface area contributed by atoms with Crippen molar-refractivity contribution in [2.45, 2.75) is 19.8 Å². The lowest BCUT2D eigenvalue weighted by molar-refractivity contribution is 0.0965. The molecule has 4 nitrogen and oxygen atoms in total. The average Bonchev–Trinajstić information content (AvgIpc) is 2.50. The normalized spacial score (nSPS) is 10.4. The summed E-state index contributed by atoms with van der Waals surface area (Å²) in [7, 11) is 0. The van der Waals surface area contributed by atoms with E-state index in [1.807, 2.05) is 24.3 Å². The Hall–Kier alpha value is -2.12. The SMILES string of the molecule is CCCCOCCOc1nc2ccccc2cc1C#N. The van der Waals surface area contributed by atoms with E-state index in [1.54, 1.807) is 6.07 Å². The number of nitriles is 1. The Morgan fingerprint density at radius 1 is 1.20 bits per heavy atom. The highest BCUT2D eigenvalue weighted by molar-refractivity contribution is 5.80. The van der Waals surface area contributed by atoms with Gasteiger partial charge in [0.15, 0.2) is 0 Å². The van der Waals surface area contributed by atoms with Crippen molar-refractivity contribution in [1.29, 1.82) is 5.26 Å². The van der Waals surface area contributed by atoms with Crippen molar-refractivity contribution < 1.29 is 9.47 Å². The quantitative estimate of drug-likeness (QED) is 0.724. The summed E-state index contributed by atoms with van der Waals surface area (Å²) in [6.45, 7) is 3.79. The Kier molecular flexibility index (Phi) is 5.33. The number of nitrogens with zero attached hydrogens (tertiary/aromatic N) is 2. The Balaban J connectivity index is 2.00. The maximum absolute atomic E-state index is 9.15. The number of fused-ring (bicyclic) bond motifs is 1. The number of aromatic nitrogens is 1. The van der Waals surface area contributed by atoms with Gasteiger partial charge in [0.05, 0.1) is 12.1 Å². The molecule has 0 saturated carbocycles. The number of rotatable bonds is 7. The van der Waals surface area contributed by atoms with Crippen LogP contribution in [0.3, 0.4) is 0 Å². The van der Waals surface area contributed by atoms with Crippen LogP contribution in [0, 0.1) is 11.3 Å². The van der Waals surface area contributed by atoms with E-state index in [0.29, 0.717) is 24.7 Å². The van der Waals surface area contributed by atoms with Crippen LogP contribution in [0.15, 0.2) is 30.3 Å². The monoisotopic (exact) mass is 270 g/mol. The lowest BCUT2D eigenvalue weighted by Gasteiger charge is -2.08. The molecule has 0 atom stereocenters. The summed E-state index contributed by atoms with van der Waals surface area (Å²) >= 11 is 0. The molecule has 2 aromatic rings. The van der Waals surface area contributed by atoms with Crippen molar-refractivity contribution in [2.75, 3.05) is 19.8 Å². The number of hydrogen-bond donors (Lipinski definition) is 0. The number of ether oxygens (including phenoxy) is 2. The van der Waals surface area contributed by atoms with Crippen molar-refractivity contribution in [1.82, 2.24) is 4.98 Å². The van der Waals surface area contributed by atoms with E-state index >= 15 is 0 Å². The van der Waals surface area contributed by atoms with Crippen LogP contribution in [0.5, 0.6) is 5.88 Å². The third kappa shape index (κ3) is 3.69. The van der Waals surface area contributed by atoms with Crippen LogP contribution in [-0.2, 0) is 4.74 Å². The minimum Gasteiger partial charge on any atom is -0.474 e. The zero-order chi connectivity index (χ0) is 14.2. The molecule has 1 heterocycles. The van der Waals surface area contributed by atoms with Crippen molar-refractivity contribution >= 4 is 10.9 Å². The van der Waals surface area contributed by atoms with Crippen LogP contribution in [0.2, 0.25) is 0 Å². The maximum atomic E-state index is 9.15. The number of pyridine rings is 1. The molecular formula is C16H18N2O2. The van der Waals surface area contributed by atoms with E-state index in [-0.39, 0.29) is 0 Å². The van der Waals surface area contributed by atoms with Gasteiger partial charge in [-0.25, -0.2) is 4.98 Å². The van der Waals surface area contributed by atoms with Crippen LogP contribution in [-0.4, -0.2) is 24.8 Å². The first-order valence-electron chi connectivity index (χ1n) is 6.85. The van der Waals surface area contributed by atoms with Gasteiger partial charge in [0, 0.05) is 12.0 Å². The molecule has 0 unspecified atom stereocenters. The summed E-state index contributed by atoms with van der Waals surface area (Å²) in [4.78, 5) is 4.38. The highest BCUT2D eigenvalue weighted by Gasteiger charge is 2.07. The van der Waals surface area contributed by atoms with Gasteiger partial charge in [0.2, 0.25) is 5.88 Å². The topological polar surface area (TPSA) is 55.1 Å². The minimum absolute atomic E-state index is 0.380. The number of benzene rings is 1. The van der Waals surface area contributed by atoms with E-state index in [0.717, 1.165) is 30.4 Å². The molecule has 0 N–H and O–H groups in total. The van der Waals surface area contributed by atoms with Crippen LogP contribution in [0.1, 0.15) is 25.3 Å². The summed E-state index contributed by atoms with van der Waals surface area (Å²) < 4.78 is 11.0. The fourth-order valence-electron chi connectivity index (χ4n) is 1.83. The first-order valence-corrected chi connectivity index (χ1v) is 6.85. The second kappa shape index (κ2) is 7.46. The van der Waals surface area contributed by atoms with Crippen molar-refractivity contribution in [3.8, 4) is 11.9 Å². The van der Waals surface area contributed by atoms with E-state index in [4.69, 9.17) is 14.7 Å². The summed E-state index contributed by atoms with van der Waals surface area (Å²) in [5.41, 5.74) is 1.28. The Morgan fingerprint density at radius 3 is 2.85 bits per heavy atom. The Labute approximate surface area is 119 Å². The summed E-state index contributed by atoms with van der Waals surface area (Å²) in [6, 6.07) is 11.6. The first-order chi connectivity index (χ1) is 9.85. The molecule has 1 aromatic heterocycles. The molecule has 0 fully saturated rings. The van der Waals surface area contributed by atoms with Crippen molar-refractivity contribution in [2.24, 2.45) is 0 Å². The van der Waals surface area contributed by atoms with Gasteiger partial charge in [-0.1, -0.05) is 31.5 Å². The van der Waals surface area contributed by atoms with Crippen LogP contribution >= 0.6 is 0 Å². The van der Waals surface area contributed by atoms with Crippen molar-refractivity contribution in [3.05, 3.63) is 35.9 Å². The van der Waals surface area contributed by atoms with Gasteiger partial charge in [-0.15, -0.1) is 0 Å². The van der Waals surface area contributed by atoms with E-state index in [1.165, 1.54) is 0 Å². The third-order valence-corrected chi connectivity index (χ3v) is 2.92. The molecule has 4 heteroatoms. The molecule has 0 radical (unpaired) electrons. The lowest BCUT2D eigenvalue weighted by atomic mass is 10.1. The fourth-order valence-corrected chi connectivity index (χ4v) is 1.83. The highest BCUT2D eigenvalue weighted by Crippen LogP contribution is 2.21. The van der Waals surface area contributed by atoms with Gasteiger partial charge in [-0.2, -0.15) is 5.26 Å². The predicted octanol–water partition coefficient (Wildman–Crippen LogP) is 3.30. The average molecular weight is 270 g/mol. The summed E-state index contributed by atoms with van der Waals surface area (Å²) in [5, 5.41) is 10.1. The largest absolute Gasteiger partial charge is 0.474 e. The molecule has 1 aromatic carbocycles. The first kappa shape index (κ1) is 14.3. The number of hydrogen-bond acceptors (Lipinski definition) is 4. The number of para-hydroxylation sites is 1. The second-order valence-corrected chi connectivity index (χ2v) is 4.46. The van der Waals surface area contributed by atoms with Gasteiger partial charge in [0.25, 0.3) is 0 Å². The molecule has 0 saturated heterocycles. The number of unbranched alkanes of at least 4 members (excludes halogenated alkanes) is 1. The van der Waals surface area contributed by atoms with E-state index < -0.39 is 0 Å². The van der Waals surface area contributed by atoms with Crippen LogP contribution in [0.4, 0.5) is 0 Å². The molecule has 0 amide bonds. The van der Waals surface area contributed by atoms with E-state index in [2.05, 4.69) is 18.0 Å². The van der Waals surface area contributed by atoms with Crippen molar-refractivity contribution in [3.63, 3.8) is 0 Å².